The summed E-state index contributed by atoms with van der Waals surface area (Å²) in [6.07, 6.45) is 2.19. The molecule has 0 saturated carbocycles. The van der Waals surface area contributed by atoms with Crippen LogP contribution in [0.1, 0.15) is 18.2 Å². The Morgan fingerprint density at radius 3 is 2.72 bits per heavy atom. The van der Waals surface area contributed by atoms with Gasteiger partial charge in [-0.3, -0.25) is 5.10 Å². The molecule has 0 aliphatic carbocycles. The third kappa shape index (κ3) is 2.06. The average Bonchev–Trinajstić information content (AvgIpc) is 2.72. The molecule has 2 heterocycles. The zero-order chi connectivity index (χ0) is 12.4. The van der Waals surface area contributed by atoms with E-state index in [1.807, 2.05) is 6.07 Å². The second kappa shape index (κ2) is 4.94. The van der Waals surface area contributed by atoms with E-state index in [9.17, 15) is 0 Å². The molecule has 1 aliphatic rings. The van der Waals surface area contributed by atoms with E-state index in [1.54, 1.807) is 0 Å². The van der Waals surface area contributed by atoms with Crippen LogP contribution in [0, 0.1) is 0 Å². The number of benzene rings is 1. The number of aromatic nitrogens is 2. The Bertz CT molecular complexity index is 516. The van der Waals surface area contributed by atoms with Gasteiger partial charge in [-0.2, -0.15) is 5.10 Å². The van der Waals surface area contributed by atoms with Gasteiger partial charge in [0.1, 0.15) is 0 Å². The second-order valence-corrected chi connectivity index (χ2v) is 4.83. The van der Waals surface area contributed by atoms with Crippen molar-refractivity contribution in [2.24, 2.45) is 0 Å². The summed E-state index contributed by atoms with van der Waals surface area (Å²) in [5, 5.41) is 7.75. The molecule has 3 heteroatoms. The second-order valence-electron chi connectivity index (χ2n) is 4.83. The first-order chi connectivity index (χ1) is 8.88. The van der Waals surface area contributed by atoms with Gasteiger partial charge in [-0.15, -0.1) is 0 Å². The Balaban J connectivity index is 1.94. The molecule has 3 nitrogen and oxygen atoms in total. The van der Waals surface area contributed by atoms with Crippen LogP contribution in [0.2, 0.25) is 0 Å². The number of H-pyrrole nitrogens is 1. The van der Waals surface area contributed by atoms with Crippen molar-refractivity contribution in [3.8, 4) is 11.3 Å². The van der Waals surface area contributed by atoms with E-state index >= 15 is 0 Å². The predicted molar refractivity (Wildman–Crippen MR) is 73.5 cm³/mol. The molecule has 1 aromatic carbocycles. The molecule has 3 rings (SSSR count). The van der Waals surface area contributed by atoms with Crippen molar-refractivity contribution < 1.29 is 0 Å². The molecule has 0 amide bonds. The molecule has 0 radical (unpaired) electrons. The van der Waals surface area contributed by atoms with E-state index in [0.717, 1.165) is 38.2 Å². The summed E-state index contributed by atoms with van der Waals surface area (Å²) in [6.45, 7) is 5.65. The van der Waals surface area contributed by atoms with Crippen molar-refractivity contribution in [3.63, 3.8) is 0 Å². The minimum atomic E-state index is 1.09. The summed E-state index contributed by atoms with van der Waals surface area (Å²) in [5.41, 5.74) is 5.10. The molecule has 18 heavy (non-hydrogen) atoms. The minimum absolute atomic E-state index is 1.09. The molecule has 0 bridgehead atoms. The van der Waals surface area contributed by atoms with E-state index in [-0.39, 0.29) is 0 Å². The molecular weight excluding hydrogens is 222 g/mol. The van der Waals surface area contributed by atoms with Crippen molar-refractivity contribution in [1.29, 1.82) is 0 Å². The number of hydrogen-bond acceptors (Lipinski definition) is 2. The Hall–Kier alpha value is -1.61. The first kappa shape index (κ1) is 11.5. The molecule has 0 spiro atoms. The number of fused-ring (bicyclic) bond motifs is 1. The summed E-state index contributed by atoms with van der Waals surface area (Å²) in [7, 11) is 0. The zero-order valence-electron chi connectivity index (χ0n) is 10.8. The molecule has 0 unspecified atom stereocenters. The molecule has 0 saturated heterocycles. The van der Waals surface area contributed by atoms with Crippen LogP contribution in [-0.2, 0) is 12.8 Å². The van der Waals surface area contributed by atoms with Crippen LogP contribution in [0.25, 0.3) is 11.3 Å². The molecule has 0 fully saturated rings. The SMILES string of the molecule is CCN1CCc2[nH]nc(-c3ccccc3)c2CC1. The Morgan fingerprint density at radius 2 is 1.94 bits per heavy atom. The fourth-order valence-corrected chi connectivity index (χ4v) is 2.68. The van der Waals surface area contributed by atoms with Crippen LogP contribution < -0.4 is 0 Å². The van der Waals surface area contributed by atoms with Gasteiger partial charge in [0, 0.05) is 36.3 Å². The number of nitrogens with zero attached hydrogens (tertiary/aromatic N) is 2. The molecule has 1 aromatic heterocycles. The minimum Gasteiger partial charge on any atom is -0.303 e. The topological polar surface area (TPSA) is 31.9 Å². The number of hydrogen-bond donors (Lipinski definition) is 1. The van der Waals surface area contributed by atoms with Crippen LogP contribution >= 0.6 is 0 Å². The average molecular weight is 241 g/mol. The summed E-state index contributed by atoms with van der Waals surface area (Å²) >= 11 is 0. The highest BCUT2D eigenvalue weighted by Gasteiger charge is 2.19. The summed E-state index contributed by atoms with van der Waals surface area (Å²) in [6, 6.07) is 10.5. The normalized spacial score (nSPS) is 16.3. The first-order valence-electron chi connectivity index (χ1n) is 6.72. The highest BCUT2D eigenvalue weighted by molar-refractivity contribution is 5.64. The highest BCUT2D eigenvalue weighted by atomic mass is 15.2. The lowest BCUT2D eigenvalue weighted by Gasteiger charge is -2.16. The number of rotatable bonds is 2. The standard InChI is InChI=1S/C15H19N3/c1-2-18-10-8-13-14(9-11-18)16-17-15(13)12-6-4-3-5-7-12/h3-7H,2,8-11H2,1H3,(H,16,17). The van der Waals surface area contributed by atoms with Crippen LogP contribution in [0.4, 0.5) is 0 Å². The third-order valence-electron chi connectivity index (χ3n) is 3.80. The Morgan fingerprint density at radius 1 is 1.17 bits per heavy atom. The van der Waals surface area contributed by atoms with E-state index in [1.165, 1.54) is 16.8 Å². The van der Waals surface area contributed by atoms with E-state index in [2.05, 4.69) is 46.3 Å². The molecular formula is C15H19N3. The summed E-state index contributed by atoms with van der Waals surface area (Å²) in [4.78, 5) is 2.50. The van der Waals surface area contributed by atoms with Gasteiger partial charge in [0.2, 0.25) is 0 Å². The van der Waals surface area contributed by atoms with Gasteiger partial charge in [0.15, 0.2) is 0 Å². The fraction of sp³-hybridized carbons (Fsp3) is 0.400. The summed E-state index contributed by atoms with van der Waals surface area (Å²) < 4.78 is 0. The van der Waals surface area contributed by atoms with Crippen molar-refractivity contribution in [2.45, 2.75) is 19.8 Å². The van der Waals surface area contributed by atoms with Crippen molar-refractivity contribution >= 4 is 0 Å². The Kier molecular flexibility index (Phi) is 3.15. The lowest BCUT2D eigenvalue weighted by Crippen LogP contribution is -2.26. The summed E-state index contributed by atoms with van der Waals surface area (Å²) in [5.74, 6) is 0. The lowest BCUT2D eigenvalue weighted by atomic mass is 10.0. The van der Waals surface area contributed by atoms with Gasteiger partial charge in [-0.1, -0.05) is 37.3 Å². The number of likely N-dealkylation sites (N-methyl/N-ethyl adjacent to an activating group) is 1. The number of nitrogens with one attached hydrogen (secondary N) is 1. The highest BCUT2D eigenvalue weighted by Crippen LogP contribution is 2.26. The maximum absolute atomic E-state index is 4.52. The van der Waals surface area contributed by atoms with Crippen LogP contribution in [0.3, 0.4) is 0 Å². The molecule has 1 aliphatic heterocycles. The third-order valence-corrected chi connectivity index (χ3v) is 3.80. The van der Waals surface area contributed by atoms with Gasteiger partial charge < -0.3 is 4.90 Å². The van der Waals surface area contributed by atoms with Gasteiger partial charge in [-0.25, -0.2) is 0 Å². The van der Waals surface area contributed by atoms with Crippen molar-refractivity contribution in [2.75, 3.05) is 19.6 Å². The monoisotopic (exact) mass is 241 g/mol. The maximum Gasteiger partial charge on any atom is 0.0955 e. The van der Waals surface area contributed by atoms with Gasteiger partial charge in [-0.05, 0) is 13.0 Å². The molecule has 2 aromatic rings. The lowest BCUT2D eigenvalue weighted by molar-refractivity contribution is 0.302. The first-order valence-corrected chi connectivity index (χ1v) is 6.72. The van der Waals surface area contributed by atoms with E-state index in [0.29, 0.717) is 0 Å². The van der Waals surface area contributed by atoms with Gasteiger partial charge in [0.25, 0.3) is 0 Å². The van der Waals surface area contributed by atoms with E-state index in [4.69, 9.17) is 0 Å². The quantitative estimate of drug-likeness (QED) is 0.876. The van der Waals surface area contributed by atoms with Crippen molar-refractivity contribution in [1.82, 2.24) is 15.1 Å². The smallest absolute Gasteiger partial charge is 0.0955 e. The molecule has 94 valence electrons. The number of aromatic amines is 1. The van der Waals surface area contributed by atoms with Crippen molar-refractivity contribution in [3.05, 3.63) is 41.6 Å². The fourth-order valence-electron chi connectivity index (χ4n) is 2.68. The van der Waals surface area contributed by atoms with E-state index < -0.39 is 0 Å². The molecule has 0 atom stereocenters. The van der Waals surface area contributed by atoms with Gasteiger partial charge in [0.05, 0.1) is 5.69 Å². The van der Waals surface area contributed by atoms with Crippen LogP contribution in [0.5, 0.6) is 0 Å². The largest absolute Gasteiger partial charge is 0.303 e. The zero-order valence-corrected chi connectivity index (χ0v) is 10.8. The predicted octanol–water partition coefficient (Wildman–Crippen LogP) is 2.50. The maximum atomic E-state index is 4.52. The Labute approximate surface area is 108 Å². The van der Waals surface area contributed by atoms with Crippen LogP contribution in [0.15, 0.2) is 30.3 Å². The molecule has 1 N–H and O–H groups in total. The van der Waals surface area contributed by atoms with Gasteiger partial charge >= 0.3 is 0 Å². The van der Waals surface area contributed by atoms with Crippen LogP contribution in [-0.4, -0.2) is 34.7 Å².